The molecule has 2 aromatic heterocycles. The van der Waals surface area contributed by atoms with Crippen LogP contribution in [0.5, 0.6) is 0 Å². The van der Waals surface area contributed by atoms with Crippen molar-refractivity contribution < 1.29 is 14.7 Å². The fraction of sp³-hybridized carbons (Fsp3) is 0.273. The number of aliphatic carboxylic acids is 1. The highest BCUT2D eigenvalue weighted by Gasteiger charge is 2.22. The standard InChI is InChI=1S/C22H24N4O3/c1-22(2,3)18-14-19(24-21(29)17-9-4-5-12-23-17)26(25-18)16-8-6-7-15(13-16)10-11-20(27)28/h4-9,12-14H,10-11H2,1-3H3,(H,24,29)(H,27,28). The molecule has 0 atom stereocenters. The zero-order valence-corrected chi connectivity index (χ0v) is 16.7. The number of pyridine rings is 1. The van der Waals surface area contributed by atoms with E-state index in [-0.39, 0.29) is 17.7 Å². The van der Waals surface area contributed by atoms with Crippen molar-refractivity contribution in [1.82, 2.24) is 14.8 Å². The molecule has 7 heteroatoms. The summed E-state index contributed by atoms with van der Waals surface area (Å²) in [5, 5.41) is 16.5. The molecule has 3 aromatic rings. The van der Waals surface area contributed by atoms with Crippen LogP contribution in [0.25, 0.3) is 5.69 Å². The Bertz CT molecular complexity index is 1020. The summed E-state index contributed by atoms with van der Waals surface area (Å²) in [7, 11) is 0. The van der Waals surface area contributed by atoms with E-state index in [1.54, 1.807) is 29.1 Å². The minimum atomic E-state index is -0.840. The van der Waals surface area contributed by atoms with Crippen molar-refractivity contribution in [2.45, 2.75) is 39.0 Å². The number of carbonyl (C=O) groups is 2. The van der Waals surface area contributed by atoms with Gasteiger partial charge in [-0.3, -0.25) is 14.6 Å². The predicted molar refractivity (Wildman–Crippen MR) is 110 cm³/mol. The summed E-state index contributed by atoms with van der Waals surface area (Å²) in [6.07, 6.45) is 2.05. The van der Waals surface area contributed by atoms with Crippen molar-refractivity contribution in [3.05, 3.63) is 71.7 Å². The van der Waals surface area contributed by atoms with Crippen LogP contribution in [-0.2, 0) is 16.6 Å². The van der Waals surface area contributed by atoms with Crippen molar-refractivity contribution in [2.24, 2.45) is 0 Å². The first kappa shape index (κ1) is 20.3. The normalized spacial score (nSPS) is 11.3. The Kier molecular flexibility index (Phi) is 5.77. The van der Waals surface area contributed by atoms with Crippen LogP contribution in [0.3, 0.4) is 0 Å². The summed E-state index contributed by atoms with van der Waals surface area (Å²) in [5.41, 5.74) is 2.56. The van der Waals surface area contributed by atoms with Gasteiger partial charge < -0.3 is 10.4 Å². The van der Waals surface area contributed by atoms with Gasteiger partial charge in [-0.15, -0.1) is 0 Å². The van der Waals surface area contributed by atoms with E-state index < -0.39 is 5.97 Å². The van der Waals surface area contributed by atoms with E-state index in [0.29, 0.717) is 17.9 Å². The molecule has 0 saturated carbocycles. The quantitative estimate of drug-likeness (QED) is 0.664. The second kappa shape index (κ2) is 8.26. The van der Waals surface area contributed by atoms with Crippen LogP contribution in [0, 0.1) is 0 Å². The molecule has 150 valence electrons. The molecular weight excluding hydrogens is 368 g/mol. The highest BCUT2D eigenvalue weighted by molar-refractivity contribution is 6.02. The van der Waals surface area contributed by atoms with Gasteiger partial charge in [0.05, 0.1) is 11.4 Å². The molecule has 0 fully saturated rings. The van der Waals surface area contributed by atoms with Crippen molar-refractivity contribution in [3.63, 3.8) is 0 Å². The molecule has 0 aliphatic carbocycles. The molecule has 29 heavy (non-hydrogen) atoms. The number of amides is 1. The Morgan fingerprint density at radius 2 is 1.90 bits per heavy atom. The number of hydrogen-bond donors (Lipinski definition) is 2. The third kappa shape index (κ3) is 5.07. The van der Waals surface area contributed by atoms with Crippen LogP contribution in [0.1, 0.15) is 48.9 Å². The van der Waals surface area contributed by atoms with Gasteiger partial charge in [0.15, 0.2) is 0 Å². The first-order valence-corrected chi connectivity index (χ1v) is 9.38. The first-order chi connectivity index (χ1) is 13.7. The van der Waals surface area contributed by atoms with Gasteiger partial charge in [-0.05, 0) is 36.2 Å². The highest BCUT2D eigenvalue weighted by atomic mass is 16.4. The largest absolute Gasteiger partial charge is 0.481 e. The molecule has 0 radical (unpaired) electrons. The molecule has 0 bridgehead atoms. The third-order valence-corrected chi connectivity index (χ3v) is 4.40. The van der Waals surface area contributed by atoms with E-state index in [1.807, 2.05) is 51.1 Å². The van der Waals surface area contributed by atoms with E-state index in [1.165, 1.54) is 0 Å². The van der Waals surface area contributed by atoms with Crippen LogP contribution < -0.4 is 5.32 Å². The van der Waals surface area contributed by atoms with Crippen LogP contribution in [-0.4, -0.2) is 31.7 Å². The highest BCUT2D eigenvalue weighted by Crippen LogP contribution is 2.27. The molecule has 3 rings (SSSR count). The lowest BCUT2D eigenvalue weighted by Crippen LogP contribution is -2.16. The van der Waals surface area contributed by atoms with Crippen LogP contribution in [0.15, 0.2) is 54.7 Å². The van der Waals surface area contributed by atoms with Crippen LogP contribution in [0.2, 0.25) is 0 Å². The van der Waals surface area contributed by atoms with Gasteiger partial charge in [0.2, 0.25) is 0 Å². The fourth-order valence-electron chi connectivity index (χ4n) is 2.81. The van der Waals surface area contributed by atoms with Crippen molar-refractivity contribution >= 4 is 17.7 Å². The van der Waals surface area contributed by atoms with Gasteiger partial charge in [0.1, 0.15) is 11.5 Å². The smallest absolute Gasteiger partial charge is 0.303 e. The lowest BCUT2D eigenvalue weighted by atomic mass is 9.92. The molecule has 7 nitrogen and oxygen atoms in total. The minimum absolute atomic E-state index is 0.0546. The maximum absolute atomic E-state index is 12.6. The third-order valence-electron chi connectivity index (χ3n) is 4.40. The molecule has 1 amide bonds. The number of nitrogens with one attached hydrogen (secondary N) is 1. The Morgan fingerprint density at radius 3 is 2.55 bits per heavy atom. The number of nitrogens with zero attached hydrogens (tertiary/aromatic N) is 3. The Labute approximate surface area is 169 Å². The average molecular weight is 392 g/mol. The van der Waals surface area contributed by atoms with Crippen LogP contribution >= 0.6 is 0 Å². The number of aryl methyl sites for hydroxylation is 1. The van der Waals surface area contributed by atoms with Crippen molar-refractivity contribution in [3.8, 4) is 5.69 Å². The number of hydrogen-bond acceptors (Lipinski definition) is 4. The van der Waals surface area contributed by atoms with Gasteiger partial charge in [-0.2, -0.15) is 5.10 Å². The van der Waals surface area contributed by atoms with E-state index >= 15 is 0 Å². The maximum atomic E-state index is 12.6. The number of anilines is 1. The molecule has 1 aromatic carbocycles. The molecule has 2 N–H and O–H groups in total. The second-order valence-electron chi connectivity index (χ2n) is 7.81. The Hall–Kier alpha value is -3.48. The molecule has 0 saturated heterocycles. The van der Waals surface area contributed by atoms with Crippen molar-refractivity contribution in [1.29, 1.82) is 0 Å². The van der Waals surface area contributed by atoms with Gasteiger partial charge in [-0.1, -0.05) is 39.0 Å². The number of carbonyl (C=O) groups excluding carboxylic acids is 1. The molecule has 0 unspecified atom stereocenters. The first-order valence-electron chi connectivity index (χ1n) is 9.38. The number of benzene rings is 1. The predicted octanol–water partition coefficient (Wildman–Crippen LogP) is 3.83. The number of aromatic nitrogens is 3. The van der Waals surface area contributed by atoms with Crippen LogP contribution in [0.4, 0.5) is 5.82 Å². The number of rotatable bonds is 6. The van der Waals surface area contributed by atoms with Gasteiger partial charge in [0.25, 0.3) is 5.91 Å². The summed E-state index contributed by atoms with van der Waals surface area (Å²) < 4.78 is 1.67. The molecule has 2 heterocycles. The van der Waals surface area contributed by atoms with Crippen molar-refractivity contribution in [2.75, 3.05) is 5.32 Å². The Balaban J connectivity index is 1.97. The lowest BCUT2D eigenvalue weighted by molar-refractivity contribution is -0.136. The summed E-state index contributed by atoms with van der Waals surface area (Å²) in [4.78, 5) is 27.6. The molecule has 0 aliphatic heterocycles. The summed E-state index contributed by atoms with van der Waals surface area (Å²) in [6, 6.07) is 14.5. The van der Waals surface area contributed by atoms with E-state index in [4.69, 9.17) is 10.2 Å². The zero-order chi connectivity index (χ0) is 21.0. The summed E-state index contributed by atoms with van der Waals surface area (Å²) in [5.74, 6) is -0.636. The van der Waals surface area contributed by atoms with Gasteiger partial charge in [0, 0.05) is 24.1 Å². The summed E-state index contributed by atoms with van der Waals surface area (Å²) >= 11 is 0. The van der Waals surface area contributed by atoms with E-state index in [9.17, 15) is 9.59 Å². The Morgan fingerprint density at radius 1 is 1.10 bits per heavy atom. The second-order valence-corrected chi connectivity index (χ2v) is 7.81. The van der Waals surface area contributed by atoms with E-state index in [0.717, 1.165) is 16.9 Å². The average Bonchev–Trinajstić information content (AvgIpc) is 3.11. The molecular formula is C22H24N4O3. The van der Waals surface area contributed by atoms with E-state index in [2.05, 4.69) is 10.3 Å². The zero-order valence-electron chi connectivity index (χ0n) is 16.7. The topological polar surface area (TPSA) is 97.1 Å². The van der Waals surface area contributed by atoms with Gasteiger partial charge >= 0.3 is 5.97 Å². The molecule has 0 aliphatic rings. The lowest BCUT2D eigenvalue weighted by Gasteiger charge is -2.14. The SMILES string of the molecule is CC(C)(C)c1cc(NC(=O)c2ccccn2)n(-c2cccc(CCC(=O)O)c2)n1. The fourth-order valence-corrected chi connectivity index (χ4v) is 2.81. The monoisotopic (exact) mass is 392 g/mol. The van der Waals surface area contributed by atoms with Gasteiger partial charge in [-0.25, -0.2) is 4.68 Å². The maximum Gasteiger partial charge on any atom is 0.303 e. The summed E-state index contributed by atoms with van der Waals surface area (Å²) in [6.45, 7) is 6.15. The minimum Gasteiger partial charge on any atom is -0.481 e. The number of carboxylic acids is 1. The number of carboxylic acid groups (broad SMARTS) is 1. The molecule has 0 spiro atoms.